The molecule has 1 aromatic carbocycles. The van der Waals surface area contributed by atoms with Crippen molar-refractivity contribution in [2.45, 2.75) is 52.7 Å². The molecule has 3 rings (SSSR count). The molecule has 1 aliphatic rings. The molecule has 1 aromatic heterocycles. The molecule has 1 unspecified atom stereocenters. The van der Waals surface area contributed by atoms with Crippen LogP contribution in [0, 0.1) is 11.2 Å². The number of likely N-dealkylation sites (N-methyl/N-ethyl adjacent to an activating group) is 1. The van der Waals surface area contributed by atoms with Crippen molar-refractivity contribution in [1.29, 1.82) is 0 Å². The van der Waals surface area contributed by atoms with Crippen LogP contribution in [0.2, 0.25) is 0 Å². The second-order valence-corrected chi connectivity index (χ2v) is 9.39. The summed E-state index contributed by atoms with van der Waals surface area (Å²) in [5, 5.41) is 5.51. The third-order valence-corrected chi connectivity index (χ3v) is 5.40. The van der Waals surface area contributed by atoms with Crippen molar-refractivity contribution in [2.75, 3.05) is 20.6 Å². The molecule has 8 heteroatoms. The van der Waals surface area contributed by atoms with Gasteiger partial charge in [0, 0.05) is 25.7 Å². The number of halogens is 1. The molecule has 2 amide bonds. The minimum absolute atomic E-state index is 0.150. The van der Waals surface area contributed by atoms with Gasteiger partial charge in [-0.25, -0.2) is 9.37 Å². The van der Waals surface area contributed by atoms with E-state index in [0.717, 1.165) is 18.7 Å². The van der Waals surface area contributed by atoms with Crippen molar-refractivity contribution < 1.29 is 14.0 Å². The van der Waals surface area contributed by atoms with Crippen LogP contribution in [0.15, 0.2) is 24.3 Å². The molecular weight excluding hydrogens is 397 g/mol. The Hall–Kier alpha value is -2.74. The van der Waals surface area contributed by atoms with E-state index in [1.54, 1.807) is 19.2 Å². The number of aromatic nitrogens is 2. The quantitative estimate of drug-likeness (QED) is 0.766. The molecular formula is C23H32FN5O2. The Morgan fingerprint density at radius 1 is 1.26 bits per heavy atom. The molecule has 0 saturated heterocycles. The van der Waals surface area contributed by atoms with Crippen LogP contribution < -0.4 is 10.6 Å². The van der Waals surface area contributed by atoms with E-state index in [1.165, 1.54) is 12.1 Å². The summed E-state index contributed by atoms with van der Waals surface area (Å²) in [4.78, 5) is 32.5. The Bertz CT molecular complexity index is 963. The first-order valence-corrected chi connectivity index (χ1v) is 10.7. The van der Waals surface area contributed by atoms with Gasteiger partial charge in [-0.15, -0.1) is 0 Å². The van der Waals surface area contributed by atoms with Gasteiger partial charge in [-0.3, -0.25) is 9.59 Å². The van der Waals surface area contributed by atoms with E-state index in [1.807, 2.05) is 32.4 Å². The standard InChI is InChI=1S/C23H32FN5O2/c1-23(2,3)13-17(21(30)25-4)26-22(31)19-18-14-28(5)10-7-11-29(18)20(27-19)15-8-6-9-16(24)12-15/h6,8-9,12,17H,7,10-11,13-14H2,1-5H3,(H,25,30)(H,26,31). The van der Waals surface area contributed by atoms with Crippen LogP contribution in [-0.2, 0) is 17.9 Å². The number of rotatable bonds is 5. The van der Waals surface area contributed by atoms with Gasteiger partial charge in [-0.05, 0) is 44.0 Å². The molecule has 168 valence electrons. The highest BCUT2D eigenvalue weighted by atomic mass is 19.1. The van der Waals surface area contributed by atoms with Gasteiger partial charge in [0.2, 0.25) is 5.91 Å². The van der Waals surface area contributed by atoms with Gasteiger partial charge < -0.3 is 20.1 Å². The Labute approximate surface area is 183 Å². The van der Waals surface area contributed by atoms with Crippen LogP contribution in [-0.4, -0.2) is 52.9 Å². The minimum Gasteiger partial charge on any atom is -0.357 e. The van der Waals surface area contributed by atoms with Crippen LogP contribution in [0.25, 0.3) is 11.4 Å². The van der Waals surface area contributed by atoms with Crippen molar-refractivity contribution in [3.63, 3.8) is 0 Å². The lowest BCUT2D eigenvalue weighted by atomic mass is 9.87. The van der Waals surface area contributed by atoms with Crippen molar-refractivity contribution in [3.8, 4) is 11.4 Å². The maximum Gasteiger partial charge on any atom is 0.272 e. The molecule has 0 spiro atoms. The third kappa shape index (κ3) is 5.50. The average molecular weight is 430 g/mol. The van der Waals surface area contributed by atoms with Gasteiger partial charge in [-0.2, -0.15) is 0 Å². The van der Waals surface area contributed by atoms with Gasteiger partial charge >= 0.3 is 0 Å². The Morgan fingerprint density at radius 3 is 2.65 bits per heavy atom. The van der Waals surface area contributed by atoms with E-state index in [-0.39, 0.29) is 28.7 Å². The first-order chi connectivity index (χ1) is 14.6. The topological polar surface area (TPSA) is 79.3 Å². The lowest BCUT2D eigenvalue weighted by molar-refractivity contribution is -0.123. The number of benzene rings is 1. The van der Waals surface area contributed by atoms with Crippen molar-refractivity contribution in [1.82, 2.24) is 25.1 Å². The molecule has 0 bridgehead atoms. The second-order valence-electron chi connectivity index (χ2n) is 9.39. The summed E-state index contributed by atoms with van der Waals surface area (Å²) in [6.07, 6.45) is 1.39. The van der Waals surface area contributed by atoms with Crippen LogP contribution in [0.1, 0.15) is 49.8 Å². The monoisotopic (exact) mass is 429 g/mol. The van der Waals surface area contributed by atoms with E-state index >= 15 is 0 Å². The Balaban J connectivity index is 2.01. The highest BCUT2D eigenvalue weighted by Crippen LogP contribution is 2.27. The zero-order valence-corrected chi connectivity index (χ0v) is 19.0. The molecule has 2 N–H and O–H groups in total. The predicted octanol–water partition coefficient (Wildman–Crippen LogP) is 2.81. The van der Waals surface area contributed by atoms with E-state index in [9.17, 15) is 14.0 Å². The number of carbonyl (C=O) groups excluding carboxylic acids is 2. The smallest absolute Gasteiger partial charge is 0.272 e. The fourth-order valence-electron chi connectivity index (χ4n) is 3.97. The summed E-state index contributed by atoms with van der Waals surface area (Å²) in [7, 11) is 3.56. The fourth-order valence-corrected chi connectivity index (χ4v) is 3.97. The van der Waals surface area contributed by atoms with E-state index in [2.05, 4.69) is 20.5 Å². The molecule has 0 fully saturated rings. The summed E-state index contributed by atoms with van der Waals surface area (Å²) in [5.41, 5.74) is 1.55. The van der Waals surface area contributed by atoms with Crippen LogP contribution in [0.5, 0.6) is 0 Å². The van der Waals surface area contributed by atoms with Gasteiger partial charge in [0.1, 0.15) is 17.7 Å². The Kier molecular flexibility index (Phi) is 6.79. The van der Waals surface area contributed by atoms with Crippen LogP contribution in [0.3, 0.4) is 0 Å². The number of hydrogen-bond acceptors (Lipinski definition) is 4. The SMILES string of the molecule is CNC(=O)C(CC(C)(C)C)NC(=O)c1nc(-c2cccc(F)c2)n2c1CN(C)CCC2. The third-order valence-electron chi connectivity index (χ3n) is 5.40. The summed E-state index contributed by atoms with van der Waals surface area (Å²) in [5.74, 6) is -0.408. The normalized spacial score (nSPS) is 15.7. The average Bonchev–Trinajstić information content (AvgIpc) is 2.92. The van der Waals surface area contributed by atoms with Gasteiger partial charge in [0.25, 0.3) is 5.91 Å². The minimum atomic E-state index is -0.670. The summed E-state index contributed by atoms with van der Waals surface area (Å²) < 4.78 is 15.9. The lowest BCUT2D eigenvalue weighted by Gasteiger charge is -2.25. The van der Waals surface area contributed by atoms with Gasteiger partial charge in [0.05, 0.1) is 5.69 Å². The van der Waals surface area contributed by atoms with Crippen LogP contribution >= 0.6 is 0 Å². The summed E-state index contributed by atoms with van der Waals surface area (Å²) >= 11 is 0. The molecule has 0 radical (unpaired) electrons. The molecule has 1 aliphatic heterocycles. The molecule has 0 saturated carbocycles. The predicted molar refractivity (Wildman–Crippen MR) is 118 cm³/mol. The highest BCUT2D eigenvalue weighted by molar-refractivity contribution is 5.97. The van der Waals surface area contributed by atoms with Gasteiger partial charge in [0.15, 0.2) is 5.69 Å². The van der Waals surface area contributed by atoms with Crippen LogP contribution in [0.4, 0.5) is 4.39 Å². The molecule has 31 heavy (non-hydrogen) atoms. The fraction of sp³-hybridized carbons (Fsp3) is 0.522. The number of fused-ring (bicyclic) bond motifs is 1. The lowest BCUT2D eigenvalue weighted by Crippen LogP contribution is -2.47. The zero-order valence-electron chi connectivity index (χ0n) is 19.0. The van der Waals surface area contributed by atoms with Crippen molar-refractivity contribution in [3.05, 3.63) is 41.5 Å². The first kappa shape index (κ1) is 22.9. The van der Waals surface area contributed by atoms with E-state index in [4.69, 9.17) is 0 Å². The van der Waals surface area contributed by atoms with Crippen molar-refractivity contribution >= 4 is 11.8 Å². The number of nitrogens with zero attached hydrogens (tertiary/aromatic N) is 3. The molecule has 2 aromatic rings. The van der Waals surface area contributed by atoms with Gasteiger partial charge in [-0.1, -0.05) is 32.9 Å². The van der Waals surface area contributed by atoms with Crippen molar-refractivity contribution in [2.24, 2.45) is 5.41 Å². The largest absolute Gasteiger partial charge is 0.357 e. The summed E-state index contributed by atoms with van der Waals surface area (Å²) in [6.45, 7) is 8.19. The molecule has 1 atom stereocenters. The highest BCUT2D eigenvalue weighted by Gasteiger charge is 2.30. The molecule has 0 aliphatic carbocycles. The van der Waals surface area contributed by atoms with E-state index < -0.39 is 6.04 Å². The van der Waals surface area contributed by atoms with E-state index in [0.29, 0.717) is 30.9 Å². The maximum atomic E-state index is 13.9. The first-order valence-electron chi connectivity index (χ1n) is 10.7. The number of amides is 2. The zero-order chi connectivity index (χ0) is 22.8. The number of carbonyl (C=O) groups is 2. The summed E-state index contributed by atoms with van der Waals surface area (Å²) in [6, 6.07) is 5.58. The number of imidazole rings is 1. The maximum absolute atomic E-state index is 13.9. The number of nitrogens with one attached hydrogen (secondary N) is 2. The number of hydrogen-bond donors (Lipinski definition) is 2. The molecule has 2 heterocycles. The second kappa shape index (κ2) is 9.18. The molecule has 7 nitrogen and oxygen atoms in total. The Morgan fingerprint density at radius 2 is 2.00 bits per heavy atom.